The average Bonchev–Trinajstić information content (AvgIpc) is 2.25. The van der Waals surface area contributed by atoms with Crippen LogP contribution in [0.1, 0.15) is 38.2 Å². The molecule has 0 bridgehead atoms. The topological polar surface area (TPSA) is 50.9 Å². The summed E-state index contributed by atoms with van der Waals surface area (Å²) in [7, 11) is 0. The summed E-state index contributed by atoms with van der Waals surface area (Å²) in [5.74, 6) is 1.57. The Balaban J connectivity index is 2.07. The van der Waals surface area contributed by atoms with Gasteiger partial charge in [0.15, 0.2) is 0 Å². The van der Waals surface area contributed by atoms with Crippen LogP contribution in [0.4, 0.5) is 11.5 Å². The molecule has 0 saturated heterocycles. The van der Waals surface area contributed by atoms with Crippen molar-refractivity contribution in [3.63, 3.8) is 0 Å². The Morgan fingerprint density at radius 1 is 1.38 bits per heavy atom. The fraction of sp³-hybridized carbons (Fsp3) is 0.615. The summed E-state index contributed by atoms with van der Waals surface area (Å²) >= 11 is 0. The monoisotopic (exact) mass is 219 g/mol. The quantitative estimate of drug-likeness (QED) is 0.804. The molecule has 0 aliphatic heterocycles. The molecule has 2 unspecified atom stereocenters. The van der Waals surface area contributed by atoms with Crippen LogP contribution >= 0.6 is 0 Å². The first-order valence-electron chi connectivity index (χ1n) is 6.15. The van der Waals surface area contributed by atoms with E-state index in [1.807, 2.05) is 19.2 Å². The molecule has 3 N–H and O–H groups in total. The predicted molar refractivity (Wildman–Crippen MR) is 68.4 cm³/mol. The number of anilines is 2. The van der Waals surface area contributed by atoms with E-state index in [9.17, 15) is 0 Å². The summed E-state index contributed by atoms with van der Waals surface area (Å²) in [6, 6.07) is 2.51. The minimum Gasteiger partial charge on any atom is -0.396 e. The molecule has 2 atom stereocenters. The van der Waals surface area contributed by atoms with E-state index in [4.69, 9.17) is 5.73 Å². The molecule has 0 spiro atoms. The maximum absolute atomic E-state index is 5.96. The molecule has 88 valence electrons. The van der Waals surface area contributed by atoms with Gasteiger partial charge in [-0.3, -0.25) is 0 Å². The highest BCUT2D eigenvalue weighted by molar-refractivity contribution is 5.62. The first-order chi connectivity index (χ1) is 7.66. The molecular formula is C13H21N3. The van der Waals surface area contributed by atoms with E-state index in [-0.39, 0.29) is 0 Å². The number of rotatable bonds is 2. The van der Waals surface area contributed by atoms with Crippen LogP contribution in [0.3, 0.4) is 0 Å². The molecule has 1 heterocycles. The summed E-state index contributed by atoms with van der Waals surface area (Å²) in [4.78, 5) is 4.37. The van der Waals surface area contributed by atoms with E-state index in [1.54, 1.807) is 0 Å². The van der Waals surface area contributed by atoms with Gasteiger partial charge in [0.05, 0.1) is 5.69 Å². The van der Waals surface area contributed by atoms with E-state index in [0.29, 0.717) is 6.04 Å². The third kappa shape index (κ3) is 2.46. The van der Waals surface area contributed by atoms with E-state index >= 15 is 0 Å². The van der Waals surface area contributed by atoms with Crippen molar-refractivity contribution in [2.45, 2.75) is 45.6 Å². The normalized spacial score (nSPS) is 25.4. The summed E-state index contributed by atoms with van der Waals surface area (Å²) in [6.07, 6.45) is 7.08. The van der Waals surface area contributed by atoms with E-state index in [2.05, 4.69) is 17.2 Å². The van der Waals surface area contributed by atoms with Crippen molar-refractivity contribution in [2.24, 2.45) is 5.92 Å². The number of hydrogen-bond donors (Lipinski definition) is 2. The van der Waals surface area contributed by atoms with Crippen LogP contribution in [0.15, 0.2) is 12.3 Å². The van der Waals surface area contributed by atoms with Crippen LogP contribution in [-0.4, -0.2) is 11.0 Å². The molecule has 1 aromatic rings. The molecule has 1 aliphatic carbocycles. The lowest BCUT2D eigenvalue weighted by Gasteiger charge is -2.30. The zero-order valence-corrected chi connectivity index (χ0v) is 10.2. The van der Waals surface area contributed by atoms with Gasteiger partial charge in [-0.1, -0.05) is 19.8 Å². The van der Waals surface area contributed by atoms with E-state index in [0.717, 1.165) is 23.0 Å². The molecule has 16 heavy (non-hydrogen) atoms. The number of nitrogens with one attached hydrogen (secondary N) is 1. The van der Waals surface area contributed by atoms with Crippen molar-refractivity contribution >= 4 is 11.5 Å². The van der Waals surface area contributed by atoms with Crippen LogP contribution in [-0.2, 0) is 0 Å². The number of nitrogen functional groups attached to an aromatic ring is 1. The number of aryl methyl sites for hydroxylation is 1. The van der Waals surface area contributed by atoms with Crippen molar-refractivity contribution < 1.29 is 0 Å². The Morgan fingerprint density at radius 2 is 2.12 bits per heavy atom. The molecule has 2 rings (SSSR count). The van der Waals surface area contributed by atoms with Gasteiger partial charge in [0, 0.05) is 12.2 Å². The summed E-state index contributed by atoms with van der Waals surface area (Å²) in [6.45, 7) is 4.32. The Hall–Kier alpha value is -1.25. The average molecular weight is 219 g/mol. The molecule has 1 fully saturated rings. The van der Waals surface area contributed by atoms with Crippen molar-refractivity contribution in [3.8, 4) is 0 Å². The lowest BCUT2D eigenvalue weighted by atomic mass is 9.86. The number of aromatic nitrogens is 1. The Morgan fingerprint density at radius 3 is 2.81 bits per heavy atom. The fourth-order valence-corrected chi connectivity index (χ4v) is 2.42. The van der Waals surface area contributed by atoms with Gasteiger partial charge in [-0.15, -0.1) is 0 Å². The van der Waals surface area contributed by atoms with Crippen LogP contribution in [0.2, 0.25) is 0 Å². The standard InChI is InChI=1S/C13H21N3/c1-9-7-11(14)13(15-8-9)16-12-6-4-3-5-10(12)2/h7-8,10,12H,3-6,14H2,1-2H3,(H,15,16). The summed E-state index contributed by atoms with van der Waals surface area (Å²) < 4.78 is 0. The molecule has 1 aliphatic rings. The Bertz CT molecular complexity index is 362. The van der Waals surface area contributed by atoms with Gasteiger partial charge in [-0.25, -0.2) is 4.98 Å². The van der Waals surface area contributed by atoms with Gasteiger partial charge in [0.2, 0.25) is 0 Å². The van der Waals surface area contributed by atoms with Crippen molar-refractivity contribution in [1.82, 2.24) is 4.98 Å². The molecular weight excluding hydrogens is 198 g/mol. The molecule has 0 amide bonds. The maximum Gasteiger partial charge on any atom is 0.149 e. The summed E-state index contributed by atoms with van der Waals surface area (Å²) in [5, 5.41) is 3.49. The third-order valence-electron chi connectivity index (χ3n) is 3.49. The van der Waals surface area contributed by atoms with Crippen molar-refractivity contribution in [3.05, 3.63) is 17.8 Å². The number of hydrogen-bond acceptors (Lipinski definition) is 3. The molecule has 1 aromatic heterocycles. The van der Waals surface area contributed by atoms with Crippen molar-refractivity contribution in [1.29, 1.82) is 0 Å². The minimum absolute atomic E-state index is 0.534. The van der Waals surface area contributed by atoms with Gasteiger partial charge < -0.3 is 11.1 Å². The van der Waals surface area contributed by atoms with Crippen LogP contribution in [0.25, 0.3) is 0 Å². The molecule has 3 heteroatoms. The maximum atomic E-state index is 5.96. The van der Waals surface area contributed by atoms with Gasteiger partial charge in [0.1, 0.15) is 5.82 Å². The van der Waals surface area contributed by atoms with E-state index in [1.165, 1.54) is 25.7 Å². The van der Waals surface area contributed by atoms with Gasteiger partial charge in [-0.2, -0.15) is 0 Å². The Labute approximate surface area is 97.5 Å². The van der Waals surface area contributed by atoms with Crippen LogP contribution < -0.4 is 11.1 Å². The smallest absolute Gasteiger partial charge is 0.149 e. The highest BCUT2D eigenvalue weighted by Crippen LogP contribution is 2.27. The van der Waals surface area contributed by atoms with Crippen LogP contribution in [0.5, 0.6) is 0 Å². The largest absolute Gasteiger partial charge is 0.396 e. The molecule has 0 radical (unpaired) electrons. The minimum atomic E-state index is 0.534. The second kappa shape index (κ2) is 4.73. The van der Waals surface area contributed by atoms with E-state index < -0.39 is 0 Å². The summed E-state index contributed by atoms with van der Waals surface area (Å²) in [5.41, 5.74) is 7.83. The second-order valence-corrected chi connectivity index (χ2v) is 4.96. The highest BCUT2D eigenvalue weighted by atomic mass is 15.0. The first-order valence-corrected chi connectivity index (χ1v) is 6.15. The highest BCUT2D eigenvalue weighted by Gasteiger charge is 2.21. The number of nitrogens with two attached hydrogens (primary N) is 1. The third-order valence-corrected chi connectivity index (χ3v) is 3.49. The molecule has 1 saturated carbocycles. The molecule has 0 aromatic carbocycles. The van der Waals surface area contributed by atoms with Gasteiger partial charge in [-0.05, 0) is 37.3 Å². The lowest BCUT2D eigenvalue weighted by Crippen LogP contribution is -2.31. The van der Waals surface area contributed by atoms with Crippen LogP contribution in [0, 0.1) is 12.8 Å². The van der Waals surface area contributed by atoms with Gasteiger partial charge in [0.25, 0.3) is 0 Å². The second-order valence-electron chi connectivity index (χ2n) is 4.96. The number of nitrogens with zero attached hydrogens (tertiary/aromatic N) is 1. The van der Waals surface area contributed by atoms with Gasteiger partial charge >= 0.3 is 0 Å². The first kappa shape index (κ1) is 11.2. The molecule has 3 nitrogen and oxygen atoms in total. The predicted octanol–water partition coefficient (Wildman–Crippen LogP) is 2.96. The Kier molecular flexibility index (Phi) is 3.32. The zero-order valence-electron chi connectivity index (χ0n) is 10.2. The fourth-order valence-electron chi connectivity index (χ4n) is 2.42. The SMILES string of the molecule is Cc1cnc(NC2CCCCC2C)c(N)c1. The van der Waals surface area contributed by atoms with Crippen molar-refractivity contribution in [2.75, 3.05) is 11.1 Å². The number of pyridine rings is 1. The zero-order chi connectivity index (χ0) is 11.5. The lowest BCUT2D eigenvalue weighted by molar-refractivity contribution is 0.349.